The zero-order chi connectivity index (χ0) is 19.7. The van der Waals surface area contributed by atoms with Crippen LogP contribution in [0.3, 0.4) is 0 Å². The van der Waals surface area contributed by atoms with Crippen molar-refractivity contribution in [3.05, 3.63) is 82.5 Å². The van der Waals surface area contributed by atoms with E-state index in [1.54, 1.807) is 18.3 Å². The van der Waals surface area contributed by atoms with Crippen molar-refractivity contribution < 1.29 is 4.39 Å². The van der Waals surface area contributed by atoms with E-state index in [4.69, 9.17) is 0 Å². The fourth-order valence-electron chi connectivity index (χ4n) is 3.00. The molecule has 0 amide bonds. The third-order valence-electron chi connectivity index (χ3n) is 4.19. The molecule has 0 fully saturated rings. The lowest BCUT2D eigenvalue weighted by atomic mass is 10.1. The van der Waals surface area contributed by atoms with Gasteiger partial charge in [-0.15, -0.1) is 0 Å². The van der Waals surface area contributed by atoms with Gasteiger partial charge in [0.05, 0.1) is 11.9 Å². The summed E-state index contributed by atoms with van der Waals surface area (Å²) in [6.45, 7) is 3.83. The van der Waals surface area contributed by atoms with E-state index < -0.39 is 0 Å². The molecule has 0 atom stereocenters. The van der Waals surface area contributed by atoms with E-state index in [-0.39, 0.29) is 5.82 Å². The van der Waals surface area contributed by atoms with Gasteiger partial charge >= 0.3 is 0 Å². The second kappa shape index (κ2) is 7.52. The third kappa shape index (κ3) is 3.80. The smallest absolute Gasteiger partial charge is 0.229 e. The molecule has 2 aromatic heterocycles. The van der Waals surface area contributed by atoms with Gasteiger partial charge < -0.3 is 0 Å². The Labute approximate surface area is 170 Å². The molecule has 0 saturated carbocycles. The fraction of sp³-hybridized carbons (Fsp3) is 0.0952. The molecule has 0 bridgehead atoms. The van der Waals surface area contributed by atoms with Crippen molar-refractivity contribution in [3.63, 3.8) is 0 Å². The Morgan fingerprint density at radius 3 is 2.21 bits per heavy atom. The molecule has 1 N–H and O–H groups in total. The van der Waals surface area contributed by atoms with Crippen molar-refractivity contribution in [3.8, 4) is 16.9 Å². The minimum atomic E-state index is -0.291. The van der Waals surface area contributed by atoms with Gasteiger partial charge in [-0.3, -0.25) is 9.88 Å². The van der Waals surface area contributed by atoms with Crippen molar-refractivity contribution in [1.29, 1.82) is 0 Å². The summed E-state index contributed by atoms with van der Waals surface area (Å²) in [6, 6.07) is 16.1. The number of hydrogen-bond acceptors (Lipinski definition) is 4. The van der Waals surface area contributed by atoms with E-state index in [0.29, 0.717) is 11.9 Å². The molecule has 0 spiro atoms. The van der Waals surface area contributed by atoms with Gasteiger partial charge in [-0.25, -0.2) is 19.3 Å². The van der Waals surface area contributed by atoms with Crippen LogP contribution in [0.5, 0.6) is 0 Å². The van der Waals surface area contributed by atoms with Crippen LogP contribution in [-0.2, 0) is 0 Å². The molecule has 0 aliphatic carbocycles. The van der Waals surface area contributed by atoms with Crippen molar-refractivity contribution in [2.45, 2.75) is 13.8 Å². The van der Waals surface area contributed by atoms with Gasteiger partial charge in [-0.2, -0.15) is 0 Å². The van der Waals surface area contributed by atoms with Crippen LogP contribution in [0.4, 0.5) is 16.3 Å². The number of imidazole rings is 1. The highest BCUT2D eigenvalue weighted by atomic mass is 79.9. The molecule has 4 aromatic rings. The Hall–Kier alpha value is -3.06. The highest BCUT2D eigenvalue weighted by Gasteiger charge is 2.15. The molecule has 2 aromatic carbocycles. The zero-order valence-electron chi connectivity index (χ0n) is 15.3. The summed E-state index contributed by atoms with van der Waals surface area (Å²) in [7, 11) is 0. The average molecular weight is 438 g/mol. The standard InChI is InChI=1S/C21H17BrFN5/c1-13-11-14(2)26-20(25-13)27-21-24-12-19(15-3-5-16(22)6-4-15)28(21)18-9-7-17(23)8-10-18/h3-12H,1-2H3,(H,24,25,26,27). The maximum Gasteiger partial charge on any atom is 0.229 e. The maximum absolute atomic E-state index is 13.5. The number of halogens is 2. The fourth-order valence-corrected chi connectivity index (χ4v) is 3.26. The second-order valence-electron chi connectivity index (χ2n) is 6.39. The molecule has 0 aliphatic rings. The predicted molar refractivity (Wildman–Crippen MR) is 111 cm³/mol. The maximum atomic E-state index is 13.5. The minimum Gasteiger partial charge on any atom is -0.294 e. The molecule has 4 rings (SSSR count). The monoisotopic (exact) mass is 437 g/mol. The number of anilines is 2. The molecular weight excluding hydrogens is 421 g/mol. The first kappa shape index (κ1) is 18.3. The third-order valence-corrected chi connectivity index (χ3v) is 4.72. The topological polar surface area (TPSA) is 55.6 Å². The summed E-state index contributed by atoms with van der Waals surface area (Å²) in [6.07, 6.45) is 1.78. The van der Waals surface area contributed by atoms with Crippen LogP contribution in [0, 0.1) is 19.7 Å². The van der Waals surface area contributed by atoms with Crippen LogP contribution in [0.15, 0.2) is 65.3 Å². The van der Waals surface area contributed by atoms with Crippen molar-refractivity contribution in [2.24, 2.45) is 0 Å². The molecular formula is C21H17BrFN5. The molecule has 140 valence electrons. The summed E-state index contributed by atoms with van der Waals surface area (Å²) in [4.78, 5) is 13.4. The minimum absolute atomic E-state index is 0.291. The highest BCUT2D eigenvalue weighted by Crippen LogP contribution is 2.29. The number of benzene rings is 2. The number of aryl methyl sites for hydroxylation is 2. The molecule has 0 saturated heterocycles. The average Bonchev–Trinajstić information content (AvgIpc) is 3.05. The van der Waals surface area contributed by atoms with E-state index >= 15 is 0 Å². The van der Waals surface area contributed by atoms with Crippen molar-refractivity contribution >= 4 is 27.8 Å². The quantitative estimate of drug-likeness (QED) is 0.451. The van der Waals surface area contributed by atoms with Crippen LogP contribution in [0.25, 0.3) is 16.9 Å². The highest BCUT2D eigenvalue weighted by molar-refractivity contribution is 9.10. The number of rotatable bonds is 4. The van der Waals surface area contributed by atoms with E-state index in [2.05, 4.69) is 36.2 Å². The number of hydrogen-bond donors (Lipinski definition) is 1. The van der Waals surface area contributed by atoms with Crippen LogP contribution < -0.4 is 5.32 Å². The van der Waals surface area contributed by atoms with Gasteiger partial charge in [-0.1, -0.05) is 28.1 Å². The van der Waals surface area contributed by atoms with Gasteiger partial charge in [0.25, 0.3) is 0 Å². The molecule has 2 heterocycles. The summed E-state index contributed by atoms with van der Waals surface area (Å²) in [5, 5.41) is 3.20. The zero-order valence-corrected chi connectivity index (χ0v) is 16.9. The Morgan fingerprint density at radius 2 is 1.57 bits per heavy atom. The lowest BCUT2D eigenvalue weighted by Gasteiger charge is -2.13. The molecule has 28 heavy (non-hydrogen) atoms. The Balaban J connectivity index is 1.84. The van der Waals surface area contributed by atoms with Crippen LogP contribution >= 0.6 is 15.9 Å². The van der Waals surface area contributed by atoms with Gasteiger partial charge in [0.1, 0.15) is 5.82 Å². The van der Waals surface area contributed by atoms with Gasteiger partial charge in [0.15, 0.2) is 0 Å². The van der Waals surface area contributed by atoms with Crippen LogP contribution in [0.1, 0.15) is 11.4 Å². The van der Waals surface area contributed by atoms with E-state index in [1.165, 1.54) is 12.1 Å². The normalized spacial score (nSPS) is 10.9. The molecule has 7 heteroatoms. The van der Waals surface area contributed by atoms with Gasteiger partial charge in [0.2, 0.25) is 11.9 Å². The van der Waals surface area contributed by atoms with Crippen LogP contribution in [0.2, 0.25) is 0 Å². The summed E-state index contributed by atoms with van der Waals surface area (Å²) in [5.41, 5.74) is 4.36. The number of aromatic nitrogens is 4. The first-order chi connectivity index (χ1) is 13.5. The SMILES string of the molecule is Cc1cc(C)nc(Nc2ncc(-c3ccc(Br)cc3)n2-c2ccc(F)cc2)n1. The first-order valence-corrected chi connectivity index (χ1v) is 9.48. The predicted octanol–water partition coefficient (Wildman–Crippen LogP) is 5.59. The lowest BCUT2D eigenvalue weighted by Crippen LogP contribution is -2.07. The Morgan fingerprint density at radius 1 is 0.929 bits per heavy atom. The Bertz CT molecular complexity index is 1100. The van der Waals surface area contributed by atoms with E-state index in [9.17, 15) is 4.39 Å². The second-order valence-corrected chi connectivity index (χ2v) is 7.30. The van der Waals surface area contributed by atoms with Crippen LogP contribution in [-0.4, -0.2) is 19.5 Å². The lowest BCUT2D eigenvalue weighted by molar-refractivity contribution is 0.627. The molecule has 5 nitrogen and oxygen atoms in total. The van der Waals surface area contributed by atoms with Crippen molar-refractivity contribution in [1.82, 2.24) is 19.5 Å². The first-order valence-electron chi connectivity index (χ1n) is 8.68. The summed E-state index contributed by atoms with van der Waals surface area (Å²) in [5.74, 6) is 0.726. The van der Waals surface area contributed by atoms with E-state index in [1.807, 2.05) is 48.7 Å². The largest absolute Gasteiger partial charge is 0.294 e. The van der Waals surface area contributed by atoms with E-state index in [0.717, 1.165) is 32.8 Å². The van der Waals surface area contributed by atoms with Gasteiger partial charge in [0, 0.05) is 27.1 Å². The molecule has 0 unspecified atom stereocenters. The number of nitrogens with one attached hydrogen (secondary N) is 1. The molecule has 0 aliphatic heterocycles. The Kier molecular flexibility index (Phi) is 4.92. The van der Waals surface area contributed by atoms with Gasteiger partial charge in [-0.05, 0) is 56.3 Å². The summed E-state index contributed by atoms with van der Waals surface area (Å²) < 4.78 is 16.4. The summed E-state index contributed by atoms with van der Waals surface area (Å²) >= 11 is 3.46. The van der Waals surface area contributed by atoms with Crippen molar-refractivity contribution in [2.75, 3.05) is 5.32 Å². The molecule has 0 radical (unpaired) electrons. The number of nitrogens with zero attached hydrogens (tertiary/aromatic N) is 4.